The van der Waals surface area contributed by atoms with Gasteiger partial charge in [0.15, 0.2) is 11.5 Å². The van der Waals surface area contributed by atoms with Crippen molar-refractivity contribution in [2.24, 2.45) is 0 Å². The molecule has 1 heterocycles. The first-order chi connectivity index (χ1) is 15.2. The number of carbonyl (C=O) groups excluding carboxylic acids is 2. The highest BCUT2D eigenvalue weighted by atomic mass is 32.2. The number of benzene rings is 2. The Bertz CT molecular complexity index is 1160. The molecule has 1 N–H and O–H groups in total. The van der Waals surface area contributed by atoms with E-state index in [2.05, 4.69) is 0 Å². The van der Waals surface area contributed by atoms with Crippen molar-refractivity contribution in [3.05, 3.63) is 68.6 Å². The van der Waals surface area contributed by atoms with E-state index < -0.39 is 29.3 Å². The van der Waals surface area contributed by atoms with Crippen molar-refractivity contribution in [1.82, 2.24) is 4.90 Å². The van der Waals surface area contributed by atoms with Crippen molar-refractivity contribution < 1.29 is 33.9 Å². The molecule has 1 fully saturated rings. The van der Waals surface area contributed by atoms with Crippen molar-refractivity contribution in [2.45, 2.75) is 0 Å². The standard InChI is InChI=1S/C20H14N2O8S2/c1-29-15-8-11(9-16-18(25)21(10-17(23)24)20(31)32-16)2-7-14(15)30-19(26)12-3-5-13(6-4-12)22(27)28/h2-9H,10H2,1H3,(H,23,24)/b16-9+. The molecule has 12 heteroatoms. The summed E-state index contributed by atoms with van der Waals surface area (Å²) in [6.07, 6.45) is 1.52. The molecule has 164 valence electrons. The summed E-state index contributed by atoms with van der Waals surface area (Å²) >= 11 is 6.04. The summed E-state index contributed by atoms with van der Waals surface area (Å²) in [5.74, 6) is -2.12. The van der Waals surface area contributed by atoms with Gasteiger partial charge in [-0.2, -0.15) is 0 Å². The molecule has 2 aromatic rings. The fourth-order valence-electron chi connectivity index (χ4n) is 2.66. The lowest BCUT2D eigenvalue weighted by molar-refractivity contribution is -0.384. The summed E-state index contributed by atoms with van der Waals surface area (Å²) in [5, 5.41) is 19.6. The number of amides is 1. The van der Waals surface area contributed by atoms with Crippen molar-refractivity contribution in [2.75, 3.05) is 13.7 Å². The van der Waals surface area contributed by atoms with Crippen molar-refractivity contribution in [1.29, 1.82) is 0 Å². The fourth-order valence-corrected chi connectivity index (χ4v) is 3.91. The van der Waals surface area contributed by atoms with Gasteiger partial charge >= 0.3 is 11.9 Å². The van der Waals surface area contributed by atoms with Crippen LogP contribution in [0.15, 0.2) is 47.4 Å². The molecule has 0 radical (unpaired) electrons. The highest BCUT2D eigenvalue weighted by Gasteiger charge is 2.33. The van der Waals surface area contributed by atoms with Crippen LogP contribution in [0.2, 0.25) is 0 Å². The van der Waals surface area contributed by atoms with Crippen LogP contribution >= 0.6 is 24.0 Å². The monoisotopic (exact) mass is 474 g/mol. The quantitative estimate of drug-likeness (QED) is 0.159. The van der Waals surface area contributed by atoms with Crippen LogP contribution in [0.3, 0.4) is 0 Å². The van der Waals surface area contributed by atoms with Gasteiger partial charge in [-0.3, -0.25) is 24.6 Å². The summed E-state index contributed by atoms with van der Waals surface area (Å²) in [4.78, 5) is 47.0. The first-order valence-electron chi connectivity index (χ1n) is 8.81. The van der Waals surface area contributed by atoms with Gasteiger partial charge in [-0.05, 0) is 35.9 Å². The van der Waals surface area contributed by atoms with E-state index in [0.29, 0.717) is 5.56 Å². The van der Waals surface area contributed by atoms with Crippen LogP contribution in [-0.2, 0) is 9.59 Å². The molecule has 0 atom stereocenters. The number of hydrogen-bond acceptors (Lipinski definition) is 9. The first kappa shape index (κ1) is 22.9. The van der Waals surface area contributed by atoms with E-state index >= 15 is 0 Å². The predicted octanol–water partition coefficient (Wildman–Crippen LogP) is 3.11. The lowest BCUT2D eigenvalue weighted by Crippen LogP contribution is -2.33. The van der Waals surface area contributed by atoms with Gasteiger partial charge in [-0.15, -0.1) is 0 Å². The van der Waals surface area contributed by atoms with Gasteiger partial charge in [-0.25, -0.2) is 4.79 Å². The number of rotatable bonds is 7. The minimum atomic E-state index is -1.18. The summed E-state index contributed by atoms with van der Waals surface area (Å²) in [5.41, 5.74) is 0.494. The van der Waals surface area contributed by atoms with Crippen LogP contribution in [0, 0.1) is 10.1 Å². The highest BCUT2D eigenvalue weighted by Crippen LogP contribution is 2.35. The lowest BCUT2D eigenvalue weighted by atomic mass is 10.1. The number of methoxy groups -OCH3 is 1. The number of esters is 1. The molecule has 0 saturated carbocycles. The van der Waals surface area contributed by atoms with Crippen LogP contribution in [0.5, 0.6) is 11.5 Å². The molecule has 1 aliphatic heterocycles. The molecule has 0 aromatic heterocycles. The Kier molecular flexibility index (Phi) is 6.85. The molecule has 0 bridgehead atoms. The highest BCUT2D eigenvalue weighted by molar-refractivity contribution is 8.26. The predicted molar refractivity (Wildman–Crippen MR) is 119 cm³/mol. The average Bonchev–Trinajstić information content (AvgIpc) is 3.01. The maximum Gasteiger partial charge on any atom is 0.343 e. The number of nitro groups is 1. The molecule has 10 nitrogen and oxygen atoms in total. The molecule has 0 unspecified atom stereocenters. The third kappa shape index (κ3) is 5.10. The number of thioether (sulfide) groups is 1. The maximum atomic E-state index is 12.4. The number of carboxylic acids is 1. The molecular formula is C20H14N2O8S2. The molecule has 1 saturated heterocycles. The van der Waals surface area contributed by atoms with Crippen molar-refractivity contribution in [3.63, 3.8) is 0 Å². The number of nitrogens with zero attached hydrogens (tertiary/aromatic N) is 2. The topological polar surface area (TPSA) is 136 Å². The van der Waals surface area contributed by atoms with Crippen LogP contribution in [0.25, 0.3) is 6.08 Å². The zero-order chi connectivity index (χ0) is 23.4. The van der Waals surface area contributed by atoms with Gasteiger partial charge in [0.2, 0.25) is 0 Å². The Labute approximate surface area is 190 Å². The van der Waals surface area contributed by atoms with E-state index in [4.69, 9.17) is 26.8 Å². The van der Waals surface area contributed by atoms with Gasteiger partial charge in [0.1, 0.15) is 10.9 Å². The number of ether oxygens (including phenoxy) is 2. The molecule has 2 aromatic carbocycles. The van der Waals surface area contributed by atoms with Gasteiger partial charge in [0, 0.05) is 12.1 Å². The molecule has 0 aliphatic carbocycles. The number of aliphatic carboxylic acids is 1. The van der Waals surface area contributed by atoms with Crippen molar-refractivity contribution >= 4 is 57.9 Å². The number of carboxylic acid groups (broad SMARTS) is 1. The largest absolute Gasteiger partial charge is 0.493 e. The van der Waals surface area contributed by atoms with Crippen molar-refractivity contribution in [3.8, 4) is 11.5 Å². The van der Waals surface area contributed by atoms with Crippen LogP contribution < -0.4 is 9.47 Å². The van der Waals surface area contributed by atoms with Crippen LogP contribution in [-0.4, -0.2) is 50.8 Å². The fraction of sp³-hybridized carbons (Fsp3) is 0.100. The number of hydrogen-bond donors (Lipinski definition) is 1. The zero-order valence-corrected chi connectivity index (χ0v) is 18.0. The second kappa shape index (κ2) is 9.58. The summed E-state index contributed by atoms with van der Waals surface area (Å²) < 4.78 is 10.7. The molecule has 32 heavy (non-hydrogen) atoms. The summed E-state index contributed by atoms with van der Waals surface area (Å²) in [6, 6.07) is 9.51. The average molecular weight is 474 g/mol. The third-order valence-corrected chi connectivity index (χ3v) is 5.55. The summed E-state index contributed by atoms with van der Waals surface area (Å²) in [7, 11) is 1.37. The van der Waals surface area contributed by atoms with Gasteiger partial charge in [-0.1, -0.05) is 30.0 Å². The Morgan fingerprint density at radius 1 is 1.22 bits per heavy atom. The number of thiocarbonyl (C=S) groups is 1. The van der Waals surface area contributed by atoms with E-state index in [-0.39, 0.29) is 32.0 Å². The number of nitro benzene ring substituents is 1. The third-order valence-electron chi connectivity index (χ3n) is 4.17. The number of non-ortho nitro benzene ring substituents is 1. The van der Waals surface area contributed by atoms with E-state index in [1.807, 2.05) is 0 Å². The second-order valence-electron chi connectivity index (χ2n) is 6.27. The first-order valence-corrected chi connectivity index (χ1v) is 10.0. The Morgan fingerprint density at radius 2 is 1.91 bits per heavy atom. The Morgan fingerprint density at radius 3 is 2.50 bits per heavy atom. The maximum absolute atomic E-state index is 12.4. The van der Waals surface area contributed by atoms with E-state index in [1.54, 1.807) is 6.07 Å². The molecule has 1 aliphatic rings. The van der Waals surface area contributed by atoms with E-state index in [0.717, 1.165) is 16.7 Å². The Hall–Kier alpha value is -3.77. The smallest absolute Gasteiger partial charge is 0.343 e. The molecule has 3 rings (SSSR count). The van der Waals surface area contributed by atoms with Crippen LogP contribution in [0.4, 0.5) is 5.69 Å². The minimum absolute atomic E-state index is 0.103. The van der Waals surface area contributed by atoms with Gasteiger partial charge < -0.3 is 14.6 Å². The SMILES string of the molecule is COc1cc(/C=C2/SC(=S)N(CC(=O)O)C2=O)ccc1OC(=O)c1ccc([N+](=O)[O-])cc1. The van der Waals surface area contributed by atoms with E-state index in [9.17, 15) is 24.5 Å². The Balaban J connectivity index is 1.79. The van der Waals surface area contributed by atoms with Gasteiger partial charge in [0.05, 0.1) is 22.5 Å². The van der Waals surface area contributed by atoms with Crippen LogP contribution in [0.1, 0.15) is 15.9 Å². The molecule has 0 spiro atoms. The van der Waals surface area contributed by atoms with E-state index in [1.165, 1.54) is 49.6 Å². The molecular weight excluding hydrogens is 460 g/mol. The second-order valence-corrected chi connectivity index (χ2v) is 7.94. The molecule has 1 amide bonds. The number of carbonyl (C=O) groups is 3. The lowest BCUT2D eigenvalue weighted by Gasteiger charge is -2.11. The minimum Gasteiger partial charge on any atom is -0.493 e. The van der Waals surface area contributed by atoms with Gasteiger partial charge in [0.25, 0.3) is 11.6 Å². The normalized spacial score (nSPS) is 14.5. The zero-order valence-electron chi connectivity index (χ0n) is 16.3. The summed E-state index contributed by atoms with van der Waals surface area (Å²) in [6.45, 7) is -0.525.